The highest BCUT2D eigenvalue weighted by Crippen LogP contribution is 2.40. The third kappa shape index (κ3) is 7.69. The average molecular weight is 606 g/mol. The van der Waals surface area contributed by atoms with Gasteiger partial charge in [-0.2, -0.15) is 0 Å². The topological polar surface area (TPSA) is 119 Å². The van der Waals surface area contributed by atoms with Crippen LogP contribution in [0.4, 0.5) is 4.79 Å². The SMILES string of the molecule is Cc1ccccc1CN(CCO)C(=O)[C@H]1N(C(=O)O[C@H](Cc2ccccc2)NC(=O)c2cccc(O)c2C)CSC1(C)C. The number of hydrogen-bond acceptors (Lipinski definition) is 7. The van der Waals surface area contributed by atoms with Gasteiger partial charge in [0.15, 0.2) is 6.23 Å². The predicted molar refractivity (Wildman–Crippen MR) is 167 cm³/mol. The van der Waals surface area contributed by atoms with Crippen molar-refractivity contribution in [3.63, 3.8) is 0 Å². The Hall–Kier alpha value is -4.02. The summed E-state index contributed by atoms with van der Waals surface area (Å²) in [5.41, 5.74) is 3.48. The van der Waals surface area contributed by atoms with Crippen LogP contribution in [0.15, 0.2) is 72.8 Å². The molecule has 0 unspecified atom stereocenters. The van der Waals surface area contributed by atoms with Crippen molar-refractivity contribution >= 4 is 29.7 Å². The van der Waals surface area contributed by atoms with Crippen LogP contribution in [0.2, 0.25) is 0 Å². The second kappa shape index (κ2) is 14.0. The van der Waals surface area contributed by atoms with Gasteiger partial charge in [0, 0.05) is 35.4 Å². The number of rotatable bonds is 10. The molecule has 228 valence electrons. The summed E-state index contributed by atoms with van der Waals surface area (Å²) in [5.74, 6) is -0.585. The monoisotopic (exact) mass is 605 g/mol. The minimum Gasteiger partial charge on any atom is -0.508 e. The second-order valence-electron chi connectivity index (χ2n) is 11.1. The first-order valence-corrected chi connectivity index (χ1v) is 15.2. The zero-order valence-corrected chi connectivity index (χ0v) is 25.8. The van der Waals surface area contributed by atoms with E-state index in [-0.39, 0.29) is 42.7 Å². The number of aromatic hydroxyl groups is 1. The Kier molecular flexibility index (Phi) is 10.4. The van der Waals surface area contributed by atoms with Gasteiger partial charge in [0.25, 0.3) is 5.91 Å². The number of nitrogens with zero attached hydrogens (tertiary/aromatic N) is 2. The van der Waals surface area contributed by atoms with Crippen molar-refractivity contribution in [3.8, 4) is 5.75 Å². The third-order valence-corrected chi connectivity index (χ3v) is 9.04. The number of aliphatic hydroxyl groups is 1. The molecule has 0 aliphatic carbocycles. The Bertz CT molecular complexity index is 1450. The Balaban J connectivity index is 1.57. The third-order valence-electron chi connectivity index (χ3n) is 7.67. The highest BCUT2D eigenvalue weighted by Gasteiger charge is 2.50. The number of hydrogen-bond donors (Lipinski definition) is 3. The van der Waals surface area contributed by atoms with Gasteiger partial charge in [-0.15, -0.1) is 11.8 Å². The molecule has 0 radical (unpaired) electrons. The molecule has 1 fully saturated rings. The maximum Gasteiger partial charge on any atom is 0.413 e. The number of carbonyl (C=O) groups is 3. The maximum atomic E-state index is 14.0. The van der Waals surface area contributed by atoms with E-state index >= 15 is 0 Å². The summed E-state index contributed by atoms with van der Waals surface area (Å²) in [6.45, 7) is 7.61. The lowest BCUT2D eigenvalue weighted by Gasteiger charge is -2.35. The lowest BCUT2D eigenvalue weighted by atomic mass is 10.00. The summed E-state index contributed by atoms with van der Waals surface area (Å²) in [6, 6.07) is 20.9. The molecule has 2 atom stereocenters. The summed E-state index contributed by atoms with van der Waals surface area (Å²) in [7, 11) is 0. The Morgan fingerprint density at radius 2 is 1.74 bits per heavy atom. The Labute approximate surface area is 256 Å². The number of benzene rings is 3. The number of ether oxygens (including phenoxy) is 1. The van der Waals surface area contributed by atoms with Gasteiger partial charge < -0.3 is 25.2 Å². The summed E-state index contributed by atoms with van der Waals surface area (Å²) in [6.07, 6.45) is -1.58. The summed E-state index contributed by atoms with van der Waals surface area (Å²) in [5, 5.41) is 22.7. The van der Waals surface area contributed by atoms with Crippen molar-refractivity contribution in [2.24, 2.45) is 0 Å². The van der Waals surface area contributed by atoms with Crippen LogP contribution in [0.5, 0.6) is 5.75 Å². The molecule has 0 spiro atoms. The minimum absolute atomic E-state index is 0.0138. The molecule has 3 N–H and O–H groups in total. The van der Waals surface area contributed by atoms with Crippen LogP contribution >= 0.6 is 11.8 Å². The van der Waals surface area contributed by atoms with Crippen molar-refractivity contribution in [2.75, 3.05) is 19.0 Å². The van der Waals surface area contributed by atoms with Crippen LogP contribution in [-0.2, 0) is 22.5 Å². The Morgan fingerprint density at radius 1 is 1.05 bits per heavy atom. The number of nitrogens with one attached hydrogen (secondary N) is 1. The van der Waals surface area contributed by atoms with Gasteiger partial charge in [-0.25, -0.2) is 4.79 Å². The van der Waals surface area contributed by atoms with Crippen molar-refractivity contribution < 1.29 is 29.3 Å². The quantitative estimate of drug-likeness (QED) is 0.289. The first kappa shape index (κ1) is 31.9. The highest BCUT2D eigenvalue weighted by atomic mass is 32.2. The molecule has 3 aromatic rings. The molecule has 1 aliphatic rings. The molecule has 3 amide bonds. The molecule has 3 aromatic carbocycles. The second-order valence-corrected chi connectivity index (χ2v) is 12.7. The van der Waals surface area contributed by atoms with Gasteiger partial charge in [0.05, 0.1) is 12.5 Å². The van der Waals surface area contributed by atoms with E-state index in [0.717, 1.165) is 16.7 Å². The van der Waals surface area contributed by atoms with Gasteiger partial charge in [-0.1, -0.05) is 60.7 Å². The van der Waals surface area contributed by atoms with Crippen molar-refractivity contribution in [3.05, 3.63) is 101 Å². The summed E-state index contributed by atoms with van der Waals surface area (Å²) >= 11 is 1.46. The number of thioether (sulfide) groups is 1. The molecule has 0 bridgehead atoms. The molecular formula is C33H39N3O6S. The van der Waals surface area contributed by atoms with E-state index in [0.29, 0.717) is 12.1 Å². The normalized spacial score (nSPS) is 16.4. The molecule has 1 saturated heterocycles. The van der Waals surface area contributed by atoms with Crippen LogP contribution in [0.1, 0.15) is 46.5 Å². The zero-order valence-electron chi connectivity index (χ0n) is 24.9. The van der Waals surface area contributed by atoms with E-state index in [4.69, 9.17) is 4.74 Å². The van der Waals surface area contributed by atoms with E-state index in [1.165, 1.54) is 22.7 Å². The molecule has 43 heavy (non-hydrogen) atoms. The molecule has 9 nitrogen and oxygen atoms in total. The zero-order chi connectivity index (χ0) is 31.1. The van der Waals surface area contributed by atoms with Gasteiger partial charge in [-0.05, 0) is 56.5 Å². The smallest absolute Gasteiger partial charge is 0.413 e. The Morgan fingerprint density at radius 3 is 2.44 bits per heavy atom. The first-order valence-electron chi connectivity index (χ1n) is 14.2. The number of aryl methyl sites for hydroxylation is 1. The van der Waals surface area contributed by atoms with Crippen LogP contribution in [0.3, 0.4) is 0 Å². The van der Waals surface area contributed by atoms with Crippen molar-refractivity contribution in [2.45, 2.75) is 57.7 Å². The van der Waals surface area contributed by atoms with E-state index < -0.39 is 29.0 Å². The number of carbonyl (C=O) groups excluding carboxylic acids is 3. The van der Waals surface area contributed by atoms with E-state index in [9.17, 15) is 24.6 Å². The van der Waals surface area contributed by atoms with Crippen LogP contribution < -0.4 is 5.32 Å². The number of amides is 3. The number of phenols is 1. The first-order chi connectivity index (χ1) is 20.5. The lowest BCUT2D eigenvalue weighted by Crippen LogP contribution is -2.55. The lowest BCUT2D eigenvalue weighted by molar-refractivity contribution is -0.138. The maximum absolute atomic E-state index is 14.0. The number of aliphatic hydroxyl groups excluding tert-OH is 1. The van der Waals surface area contributed by atoms with Crippen LogP contribution in [0.25, 0.3) is 0 Å². The molecule has 1 heterocycles. The molecular weight excluding hydrogens is 566 g/mol. The minimum atomic E-state index is -1.05. The summed E-state index contributed by atoms with van der Waals surface area (Å²) in [4.78, 5) is 44.0. The van der Waals surface area contributed by atoms with Crippen LogP contribution in [-0.4, -0.2) is 74.0 Å². The fraction of sp³-hybridized carbons (Fsp3) is 0.364. The van der Waals surface area contributed by atoms with Crippen molar-refractivity contribution in [1.29, 1.82) is 0 Å². The number of phenolic OH excluding ortho intramolecular Hbond substituents is 1. The highest BCUT2D eigenvalue weighted by molar-refractivity contribution is 8.00. The van der Waals surface area contributed by atoms with Gasteiger partial charge in [0.2, 0.25) is 5.91 Å². The fourth-order valence-corrected chi connectivity index (χ4v) is 6.25. The predicted octanol–water partition coefficient (Wildman–Crippen LogP) is 4.62. The van der Waals surface area contributed by atoms with Gasteiger partial charge >= 0.3 is 6.09 Å². The molecule has 0 saturated carbocycles. The molecule has 10 heteroatoms. The molecule has 0 aromatic heterocycles. The van der Waals surface area contributed by atoms with Gasteiger partial charge in [-0.3, -0.25) is 14.5 Å². The molecule has 1 aliphatic heterocycles. The average Bonchev–Trinajstić information content (AvgIpc) is 3.30. The van der Waals surface area contributed by atoms with E-state index in [2.05, 4.69) is 5.32 Å². The van der Waals surface area contributed by atoms with Crippen molar-refractivity contribution in [1.82, 2.24) is 15.1 Å². The standard InChI is InChI=1S/C33H39N3O6S/c1-22-11-8-9-14-25(22)20-35(17-18-37)31(40)29-33(3,4)43-21-36(29)32(41)42-28(19-24-12-6-5-7-13-24)34-30(39)26-15-10-16-27(38)23(26)2/h5-16,28-29,37-38H,17-21H2,1-4H3,(H,34,39)/t28-,29-/m1/s1. The molecule has 4 rings (SSSR count). The van der Waals surface area contributed by atoms with E-state index in [1.807, 2.05) is 75.4 Å². The van der Waals surface area contributed by atoms with E-state index in [1.54, 1.807) is 24.0 Å². The van der Waals surface area contributed by atoms with Gasteiger partial charge in [0.1, 0.15) is 11.8 Å². The fourth-order valence-electron chi connectivity index (χ4n) is 5.14. The largest absolute Gasteiger partial charge is 0.508 e. The summed E-state index contributed by atoms with van der Waals surface area (Å²) < 4.78 is 5.28. The van der Waals surface area contributed by atoms with Crippen LogP contribution in [0, 0.1) is 13.8 Å².